The molecule has 0 saturated heterocycles. The second-order valence-electron chi connectivity index (χ2n) is 9.13. The molecule has 9 heteroatoms. The van der Waals surface area contributed by atoms with E-state index >= 15 is 0 Å². The van der Waals surface area contributed by atoms with Crippen LogP contribution in [0.4, 0.5) is 0 Å². The Bertz CT molecular complexity index is 704. The second-order valence-corrected chi connectivity index (χ2v) is 9.40. The molecule has 0 bridgehead atoms. The number of esters is 3. The summed E-state index contributed by atoms with van der Waals surface area (Å²) in [7, 11) is 0. The van der Waals surface area contributed by atoms with Crippen LogP contribution in [0.1, 0.15) is 53.9 Å². The monoisotopic (exact) mass is 460 g/mol. The lowest BCUT2D eigenvalue weighted by Crippen LogP contribution is -2.53. The molecule has 1 saturated carbocycles. The Kier molecular flexibility index (Phi) is 8.77. The van der Waals surface area contributed by atoms with Crippen LogP contribution in [-0.4, -0.2) is 53.5 Å². The third kappa shape index (κ3) is 6.35. The fourth-order valence-electron chi connectivity index (χ4n) is 4.11. The average Bonchev–Trinajstić information content (AvgIpc) is 2.93. The number of alkyl halides is 1. The van der Waals surface area contributed by atoms with Crippen molar-refractivity contribution in [2.24, 2.45) is 23.7 Å². The molecule has 0 aromatic carbocycles. The third-order valence-corrected chi connectivity index (χ3v) is 5.91. The van der Waals surface area contributed by atoms with Gasteiger partial charge in [-0.2, -0.15) is 0 Å². The Morgan fingerprint density at radius 2 is 1.77 bits per heavy atom. The third-order valence-electron chi connectivity index (χ3n) is 5.48. The minimum atomic E-state index is -1.68. The van der Waals surface area contributed by atoms with Crippen LogP contribution in [0.25, 0.3) is 0 Å². The number of carbonyl (C=O) groups excluding carboxylic acids is 3. The SMILES string of the molecule is CC(=O)OC1C[C@H]2C(COC(=O)CC(C)C)=COC(OC(=O)CC(C)C)[C@H]2[C@@]1(O)CCl. The van der Waals surface area contributed by atoms with E-state index in [2.05, 4.69) is 0 Å². The maximum absolute atomic E-state index is 12.3. The standard InChI is InChI=1S/C22H33ClO8/c1-12(2)6-18(25)28-9-15-10-29-21(31-19(26)7-13(3)4)20-16(15)8-17(30-14(5)24)22(20,27)11-23/h10,12-13,16-17,20-21,27H,6-9,11H2,1-5H3/t16-,17?,20-,21?,22+/m0/s1. The zero-order valence-electron chi connectivity index (χ0n) is 18.8. The number of fused-ring (bicyclic) bond motifs is 1. The molecule has 0 radical (unpaired) electrons. The summed E-state index contributed by atoms with van der Waals surface area (Å²) < 4.78 is 21.9. The van der Waals surface area contributed by atoms with Crippen LogP contribution < -0.4 is 0 Å². The Labute approximate surface area is 188 Å². The van der Waals surface area contributed by atoms with Gasteiger partial charge in [-0.25, -0.2) is 0 Å². The highest BCUT2D eigenvalue weighted by Gasteiger charge is 2.62. The molecule has 0 amide bonds. The smallest absolute Gasteiger partial charge is 0.309 e. The van der Waals surface area contributed by atoms with Crippen molar-refractivity contribution in [1.29, 1.82) is 0 Å². The summed E-state index contributed by atoms with van der Waals surface area (Å²) in [4.78, 5) is 35.9. The average molecular weight is 461 g/mol. The number of aliphatic hydroxyl groups is 1. The van der Waals surface area contributed by atoms with E-state index in [1.807, 2.05) is 27.7 Å². The molecule has 1 aliphatic carbocycles. The van der Waals surface area contributed by atoms with E-state index in [9.17, 15) is 19.5 Å². The molecule has 2 aliphatic rings. The van der Waals surface area contributed by atoms with Crippen molar-refractivity contribution in [1.82, 2.24) is 0 Å². The van der Waals surface area contributed by atoms with Crippen molar-refractivity contribution in [3.8, 4) is 0 Å². The van der Waals surface area contributed by atoms with Gasteiger partial charge in [0, 0.05) is 31.3 Å². The van der Waals surface area contributed by atoms with E-state index in [4.69, 9.17) is 30.5 Å². The molecule has 5 atom stereocenters. The van der Waals surface area contributed by atoms with E-state index in [-0.39, 0.29) is 49.6 Å². The van der Waals surface area contributed by atoms with Gasteiger partial charge in [-0.15, -0.1) is 11.6 Å². The number of rotatable bonds is 9. The number of hydrogen-bond acceptors (Lipinski definition) is 8. The van der Waals surface area contributed by atoms with Gasteiger partial charge in [0.2, 0.25) is 6.29 Å². The fourth-order valence-corrected chi connectivity index (χ4v) is 4.46. The summed E-state index contributed by atoms with van der Waals surface area (Å²) in [5.74, 6) is -2.58. The van der Waals surface area contributed by atoms with Gasteiger partial charge in [-0.3, -0.25) is 14.4 Å². The molecule has 8 nitrogen and oxygen atoms in total. The van der Waals surface area contributed by atoms with Gasteiger partial charge in [0.05, 0.1) is 18.1 Å². The van der Waals surface area contributed by atoms with E-state index in [0.717, 1.165) is 0 Å². The van der Waals surface area contributed by atoms with Crippen LogP contribution in [0.15, 0.2) is 11.8 Å². The van der Waals surface area contributed by atoms with Crippen molar-refractivity contribution >= 4 is 29.5 Å². The normalized spacial score (nSPS) is 29.8. The molecule has 1 fully saturated rings. The molecule has 1 aliphatic heterocycles. The summed E-state index contributed by atoms with van der Waals surface area (Å²) in [6.07, 6.45) is 0.0907. The largest absolute Gasteiger partial charge is 0.462 e. The summed E-state index contributed by atoms with van der Waals surface area (Å²) in [6.45, 7) is 8.81. The lowest BCUT2D eigenvalue weighted by Gasteiger charge is -2.40. The zero-order chi connectivity index (χ0) is 23.3. The van der Waals surface area contributed by atoms with Gasteiger partial charge in [0.15, 0.2) is 0 Å². The summed E-state index contributed by atoms with van der Waals surface area (Å²) in [5.41, 5.74) is -1.07. The molecule has 1 heterocycles. The lowest BCUT2D eigenvalue weighted by molar-refractivity contribution is -0.211. The molecule has 2 rings (SSSR count). The fraction of sp³-hybridized carbons (Fsp3) is 0.773. The highest BCUT2D eigenvalue weighted by molar-refractivity contribution is 6.18. The van der Waals surface area contributed by atoms with Crippen molar-refractivity contribution in [3.05, 3.63) is 11.8 Å². The first-order valence-corrected chi connectivity index (χ1v) is 11.2. The zero-order valence-corrected chi connectivity index (χ0v) is 19.5. The minimum Gasteiger partial charge on any atom is -0.462 e. The van der Waals surface area contributed by atoms with Gasteiger partial charge >= 0.3 is 17.9 Å². The molecule has 176 valence electrons. The highest BCUT2D eigenvalue weighted by atomic mass is 35.5. The van der Waals surface area contributed by atoms with Gasteiger partial charge in [0.1, 0.15) is 18.3 Å². The molecule has 0 spiro atoms. The predicted octanol–water partition coefficient (Wildman–Crippen LogP) is 2.94. The molecule has 2 unspecified atom stereocenters. The Morgan fingerprint density at radius 1 is 1.16 bits per heavy atom. The molecular formula is C22H33ClO8. The molecular weight excluding hydrogens is 428 g/mol. The van der Waals surface area contributed by atoms with E-state index < -0.39 is 41.8 Å². The van der Waals surface area contributed by atoms with Gasteiger partial charge in [-0.1, -0.05) is 27.7 Å². The number of ether oxygens (including phenoxy) is 4. The van der Waals surface area contributed by atoms with Gasteiger partial charge in [-0.05, 0) is 18.3 Å². The summed E-state index contributed by atoms with van der Waals surface area (Å²) in [5, 5.41) is 11.4. The maximum atomic E-state index is 12.3. The van der Waals surface area contributed by atoms with Crippen molar-refractivity contribution in [3.63, 3.8) is 0 Å². The Hall–Kier alpha value is -1.80. The maximum Gasteiger partial charge on any atom is 0.309 e. The Morgan fingerprint density at radius 3 is 2.32 bits per heavy atom. The van der Waals surface area contributed by atoms with Gasteiger partial charge in [0.25, 0.3) is 0 Å². The van der Waals surface area contributed by atoms with Crippen molar-refractivity contribution in [2.75, 3.05) is 12.5 Å². The first-order valence-electron chi connectivity index (χ1n) is 10.6. The topological polar surface area (TPSA) is 108 Å². The summed E-state index contributed by atoms with van der Waals surface area (Å²) >= 11 is 6.12. The quantitative estimate of drug-likeness (QED) is 0.318. The van der Waals surface area contributed by atoms with Crippen LogP contribution in [0.5, 0.6) is 0 Å². The number of carbonyl (C=O) groups is 3. The van der Waals surface area contributed by atoms with E-state index in [1.54, 1.807) is 0 Å². The number of halogens is 1. The van der Waals surface area contributed by atoms with Crippen LogP contribution >= 0.6 is 11.6 Å². The molecule has 1 N–H and O–H groups in total. The van der Waals surface area contributed by atoms with Crippen LogP contribution in [0.2, 0.25) is 0 Å². The Balaban J connectivity index is 2.27. The summed E-state index contributed by atoms with van der Waals surface area (Å²) in [6, 6.07) is 0. The van der Waals surface area contributed by atoms with Crippen molar-refractivity contribution < 1.29 is 38.4 Å². The minimum absolute atomic E-state index is 0.0372. The van der Waals surface area contributed by atoms with Crippen LogP contribution in [0.3, 0.4) is 0 Å². The van der Waals surface area contributed by atoms with E-state index in [1.165, 1.54) is 13.2 Å². The second kappa shape index (κ2) is 10.7. The first-order chi connectivity index (χ1) is 14.5. The van der Waals surface area contributed by atoms with Crippen LogP contribution in [0, 0.1) is 23.7 Å². The molecule has 31 heavy (non-hydrogen) atoms. The number of hydrogen-bond donors (Lipinski definition) is 1. The lowest BCUT2D eigenvalue weighted by atomic mass is 9.81. The molecule has 0 aromatic heterocycles. The van der Waals surface area contributed by atoms with E-state index in [0.29, 0.717) is 5.57 Å². The first kappa shape index (κ1) is 25.5. The van der Waals surface area contributed by atoms with Crippen molar-refractivity contribution in [2.45, 2.75) is 71.9 Å². The van der Waals surface area contributed by atoms with Gasteiger partial charge < -0.3 is 24.1 Å². The predicted molar refractivity (Wildman–Crippen MR) is 112 cm³/mol. The highest BCUT2D eigenvalue weighted by Crippen LogP contribution is 2.51. The van der Waals surface area contributed by atoms with Crippen LogP contribution in [-0.2, 0) is 33.3 Å². The molecule has 0 aromatic rings.